The second-order valence-electron chi connectivity index (χ2n) is 7.14. The number of aryl methyl sites for hydroxylation is 1. The molecule has 0 aliphatic carbocycles. The number of nitrogens with zero attached hydrogens (tertiary/aromatic N) is 2. The molecule has 0 aromatic heterocycles. The zero-order valence-electron chi connectivity index (χ0n) is 16.9. The number of hydrogen-bond acceptors (Lipinski definition) is 5. The minimum Gasteiger partial charge on any atom is -0.455 e. The molecule has 2 aromatic rings. The van der Waals surface area contributed by atoms with Crippen LogP contribution in [0.3, 0.4) is 0 Å². The molecule has 31 heavy (non-hydrogen) atoms. The van der Waals surface area contributed by atoms with E-state index in [1.807, 2.05) is 6.92 Å². The van der Waals surface area contributed by atoms with Crippen molar-refractivity contribution in [2.45, 2.75) is 18.2 Å². The molecule has 166 valence electrons. The van der Waals surface area contributed by atoms with E-state index in [-0.39, 0.29) is 48.1 Å². The topological polar surface area (TPSA) is 84.0 Å². The van der Waals surface area contributed by atoms with E-state index in [9.17, 15) is 22.4 Å². The van der Waals surface area contributed by atoms with E-state index in [2.05, 4.69) is 0 Å². The molecule has 0 N–H and O–H groups in total. The van der Waals surface area contributed by atoms with Gasteiger partial charge in [0, 0.05) is 36.8 Å². The molecule has 1 aliphatic heterocycles. The Balaban J connectivity index is 1.50. The maximum absolute atomic E-state index is 13.8. The summed E-state index contributed by atoms with van der Waals surface area (Å²) in [5.74, 6) is -1.84. The van der Waals surface area contributed by atoms with Crippen molar-refractivity contribution in [3.8, 4) is 0 Å². The lowest BCUT2D eigenvalue weighted by Crippen LogP contribution is -2.51. The van der Waals surface area contributed by atoms with Crippen molar-refractivity contribution in [2.24, 2.45) is 0 Å². The Hall–Kier alpha value is -2.49. The normalized spacial score (nSPS) is 15.0. The minimum absolute atomic E-state index is 0.0107. The van der Waals surface area contributed by atoms with E-state index in [1.54, 1.807) is 24.3 Å². The summed E-state index contributed by atoms with van der Waals surface area (Å²) in [6.45, 7) is 2.01. The van der Waals surface area contributed by atoms with Crippen LogP contribution in [0.15, 0.2) is 47.4 Å². The maximum Gasteiger partial charge on any atom is 0.310 e. The molecular weight excluding hydrogens is 447 g/mol. The molecule has 1 amide bonds. The first-order chi connectivity index (χ1) is 14.7. The number of carbonyl (C=O) groups excluding carboxylic acids is 2. The largest absolute Gasteiger partial charge is 0.455 e. The molecule has 0 saturated carbocycles. The van der Waals surface area contributed by atoms with Crippen LogP contribution >= 0.6 is 11.6 Å². The number of sulfonamides is 1. The zero-order chi connectivity index (χ0) is 22.6. The third-order valence-electron chi connectivity index (χ3n) is 4.99. The molecule has 0 atom stereocenters. The van der Waals surface area contributed by atoms with Crippen molar-refractivity contribution >= 4 is 33.5 Å². The van der Waals surface area contributed by atoms with Crippen LogP contribution in [0.1, 0.15) is 11.1 Å². The molecule has 2 aromatic carbocycles. The van der Waals surface area contributed by atoms with Gasteiger partial charge in [-0.2, -0.15) is 4.31 Å². The van der Waals surface area contributed by atoms with Gasteiger partial charge in [-0.05, 0) is 31.2 Å². The predicted molar refractivity (Wildman–Crippen MR) is 113 cm³/mol. The van der Waals surface area contributed by atoms with Crippen LogP contribution in [0.5, 0.6) is 0 Å². The van der Waals surface area contributed by atoms with Crippen molar-refractivity contribution in [1.29, 1.82) is 0 Å². The summed E-state index contributed by atoms with van der Waals surface area (Å²) in [5, 5.41) is 0.106. The summed E-state index contributed by atoms with van der Waals surface area (Å²) in [4.78, 5) is 25.9. The number of esters is 1. The van der Waals surface area contributed by atoms with Gasteiger partial charge in [0.1, 0.15) is 5.82 Å². The molecule has 1 saturated heterocycles. The van der Waals surface area contributed by atoms with Gasteiger partial charge in [-0.25, -0.2) is 12.8 Å². The standard InChI is InChI=1S/C21H22ClFN2O5S/c1-15-5-7-16(8-6-15)31(28,29)25-11-9-24(10-12-25)20(26)14-30-21(27)13-17-18(22)3-2-4-19(17)23/h2-8H,9-14H2,1H3. The van der Waals surface area contributed by atoms with Crippen LogP contribution in [0, 0.1) is 12.7 Å². The summed E-state index contributed by atoms with van der Waals surface area (Å²) in [6.07, 6.45) is -0.388. The predicted octanol–water partition coefficient (Wildman–Crippen LogP) is 2.41. The second kappa shape index (κ2) is 9.76. The van der Waals surface area contributed by atoms with Gasteiger partial charge in [-0.3, -0.25) is 9.59 Å². The fourth-order valence-electron chi connectivity index (χ4n) is 3.17. The Labute approximate surface area is 185 Å². The Morgan fingerprint density at radius 3 is 2.32 bits per heavy atom. The lowest BCUT2D eigenvalue weighted by atomic mass is 10.1. The van der Waals surface area contributed by atoms with Crippen molar-refractivity contribution in [3.63, 3.8) is 0 Å². The summed E-state index contributed by atoms with van der Waals surface area (Å²) < 4.78 is 45.5. The average molecular weight is 469 g/mol. The number of halogens is 2. The summed E-state index contributed by atoms with van der Waals surface area (Å²) >= 11 is 5.88. The van der Waals surface area contributed by atoms with Gasteiger partial charge in [0.2, 0.25) is 10.0 Å². The molecule has 0 bridgehead atoms. The molecule has 1 fully saturated rings. The number of amides is 1. The van der Waals surface area contributed by atoms with Crippen LogP contribution in [0.25, 0.3) is 0 Å². The fourth-order valence-corrected chi connectivity index (χ4v) is 4.82. The van der Waals surface area contributed by atoms with Crippen LogP contribution in [-0.4, -0.2) is 62.3 Å². The van der Waals surface area contributed by atoms with E-state index in [4.69, 9.17) is 16.3 Å². The van der Waals surface area contributed by atoms with E-state index < -0.39 is 34.3 Å². The number of piperazine rings is 1. The van der Waals surface area contributed by atoms with Gasteiger partial charge < -0.3 is 9.64 Å². The first-order valence-electron chi connectivity index (χ1n) is 9.61. The smallest absolute Gasteiger partial charge is 0.310 e. The van der Waals surface area contributed by atoms with Gasteiger partial charge in [0.25, 0.3) is 5.91 Å². The van der Waals surface area contributed by atoms with E-state index in [0.29, 0.717) is 0 Å². The Morgan fingerprint density at radius 2 is 1.71 bits per heavy atom. The number of carbonyl (C=O) groups is 2. The van der Waals surface area contributed by atoms with Gasteiger partial charge in [0.05, 0.1) is 11.3 Å². The highest BCUT2D eigenvalue weighted by Gasteiger charge is 2.30. The molecule has 0 unspecified atom stereocenters. The Kier molecular flexibility index (Phi) is 7.30. The SMILES string of the molecule is Cc1ccc(S(=O)(=O)N2CCN(C(=O)COC(=O)Cc3c(F)cccc3Cl)CC2)cc1. The van der Waals surface area contributed by atoms with Crippen molar-refractivity contribution in [2.75, 3.05) is 32.8 Å². The fraction of sp³-hybridized carbons (Fsp3) is 0.333. The molecule has 7 nitrogen and oxygen atoms in total. The average Bonchev–Trinajstić information content (AvgIpc) is 2.75. The van der Waals surface area contributed by atoms with Crippen LogP contribution in [0.2, 0.25) is 5.02 Å². The molecular formula is C21H22ClFN2O5S. The summed E-state index contributed by atoms with van der Waals surface area (Å²) in [5.41, 5.74) is 0.970. The van der Waals surface area contributed by atoms with Crippen molar-refractivity contribution in [1.82, 2.24) is 9.21 Å². The van der Waals surface area contributed by atoms with E-state index in [0.717, 1.165) is 5.56 Å². The second-order valence-corrected chi connectivity index (χ2v) is 9.48. The minimum atomic E-state index is -3.63. The lowest BCUT2D eigenvalue weighted by Gasteiger charge is -2.33. The zero-order valence-corrected chi connectivity index (χ0v) is 18.5. The van der Waals surface area contributed by atoms with Gasteiger partial charge in [0.15, 0.2) is 6.61 Å². The first kappa shape index (κ1) is 23.2. The Bertz CT molecular complexity index is 1050. The molecule has 3 rings (SSSR count). The highest BCUT2D eigenvalue weighted by atomic mass is 35.5. The van der Waals surface area contributed by atoms with E-state index in [1.165, 1.54) is 27.4 Å². The molecule has 10 heteroatoms. The summed E-state index contributed by atoms with van der Waals surface area (Å²) in [7, 11) is -3.63. The molecule has 0 radical (unpaired) electrons. The third-order valence-corrected chi connectivity index (χ3v) is 7.26. The number of rotatable bonds is 6. The lowest BCUT2D eigenvalue weighted by molar-refractivity contribution is -0.152. The maximum atomic E-state index is 13.8. The van der Waals surface area contributed by atoms with Gasteiger partial charge in [-0.15, -0.1) is 0 Å². The highest BCUT2D eigenvalue weighted by Crippen LogP contribution is 2.20. The summed E-state index contributed by atoms with van der Waals surface area (Å²) in [6, 6.07) is 10.7. The molecule has 1 heterocycles. The van der Waals surface area contributed by atoms with Crippen molar-refractivity contribution < 1.29 is 27.1 Å². The first-order valence-corrected chi connectivity index (χ1v) is 11.4. The van der Waals surface area contributed by atoms with Crippen LogP contribution in [-0.2, 0) is 30.8 Å². The van der Waals surface area contributed by atoms with Crippen molar-refractivity contribution in [3.05, 3.63) is 64.4 Å². The number of ether oxygens (including phenoxy) is 1. The molecule has 0 spiro atoms. The Morgan fingerprint density at radius 1 is 1.06 bits per heavy atom. The third kappa shape index (κ3) is 5.61. The quantitative estimate of drug-likeness (QED) is 0.608. The molecule has 1 aliphatic rings. The van der Waals surface area contributed by atoms with Gasteiger partial charge >= 0.3 is 5.97 Å². The van der Waals surface area contributed by atoms with Crippen LogP contribution < -0.4 is 0 Å². The monoisotopic (exact) mass is 468 g/mol. The van der Waals surface area contributed by atoms with Gasteiger partial charge in [-0.1, -0.05) is 35.4 Å². The highest BCUT2D eigenvalue weighted by molar-refractivity contribution is 7.89. The number of hydrogen-bond donors (Lipinski definition) is 0. The van der Waals surface area contributed by atoms with E-state index >= 15 is 0 Å². The van der Waals surface area contributed by atoms with Crippen LogP contribution in [0.4, 0.5) is 4.39 Å². The number of benzene rings is 2.